The first-order chi connectivity index (χ1) is 11.1. The van der Waals surface area contributed by atoms with Crippen LogP contribution in [-0.4, -0.2) is 4.98 Å². The Morgan fingerprint density at radius 3 is 1.52 bits per heavy atom. The van der Waals surface area contributed by atoms with Crippen molar-refractivity contribution < 1.29 is 0 Å². The van der Waals surface area contributed by atoms with E-state index in [9.17, 15) is 0 Å². The zero-order chi connectivity index (χ0) is 16.4. The number of hydrogen-bond donors (Lipinski definition) is 0. The minimum atomic E-state index is -0.592. The highest BCUT2D eigenvalue weighted by Gasteiger charge is 2.23. The fourth-order valence-corrected chi connectivity index (χ4v) is 6.04. The Labute approximate surface area is 140 Å². The Morgan fingerprint density at radius 2 is 1.13 bits per heavy atom. The lowest BCUT2D eigenvalue weighted by atomic mass is 10.1. The van der Waals surface area contributed by atoms with Crippen LogP contribution in [0.4, 0.5) is 0 Å². The minimum Gasteiger partial charge on any atom is -0.264 e. The molecule has 0 N–H and O–H groups in total. The maximum atomic E-state index is 4.39. The molecule has 3 rings (SSSR count). The zero-order valence-electron chi connectivity index (χ0n) is 14.2. The van der Waals surface area contributed by atoms with E-state index in [0.717, 1.165) is 0 Å². The van der Waals surface area contributed by atoms with Crippen molar-refractivity contribution in [2.75, 3.05) is 0 Å². The molecule has 0 spiro atoms. The lowest BCUT2D eigenvalue weighted by Gasteiger charge is -2.26. The highest BCUT2D eigenvalue weighted by Crippen LogP contribution is 2.37. The van der Waals surface area contributed by atoms with Gasteiger partial charge in [0.2, 0.25) is 0 Å². The van der Waals surface area contributed by atoms with Crippen LogP contribution in [0.5, 0.6) is 0 Å². The van der Waals surface area contributed by atoms with Gasteiger partial charge < -0.3 is 0 Å². The molecule has 23 heavy (non-hydrogen) atoms. The second-order valence-corrected chi connectivity index (χ2v) is 8.11. The molecule has 1 heterocycles. The molecule has 1 aromatic heterocycles. The number of aryl methyl sites for hydroxylation is 4. The van der Waals surface area contributed by atoms with Crippen LogP contribution in [0.15, 0.2) is 60.9 Å². The predicted molar refractivity (Wildman–Crippen MR) is 102 cm³/mol. The van der Waals surface area contributed by atoms with E-state index in [2.05, 4.69) is 75.1 Å². The lowest BCUT2D eigenvalue weighted by molar-refractivity contribution is 1.35. The van der Waals surface area contributed by atoms with Crippen LogP contribution in [0.1, 0.15) is 22.3 Å². The second kappa shape index (κ2) is 6.64. The summed E-state index contributed by atoms with van der Waals surface area (Å²) in [6, 6.07) is 17.5. The van der Waals surface area contributed by atoms with Crippen molar-refractivity contribution in [3.63, 3.8) is 0 Å². The minimum absolute atomic E-state index is 0.592. The Bertz CT molecular complexity index is 733. The molecule has 0 aliphatic carbocycles. The highest BCUT2D eigenvalue weighted by atomic mass is 31.1. The van der Waals surface area contributed by atoms with Crippen LogP contribution in [-0.2, 0) is 0 Å². The first kappa shape index (κ1) is 15.9. The van der Waals surface area contributed by atoms with Crippen molar-refractivity contribution in [1.82, 2.24) is 4.98 Å². The summed E-state index contributed by atoms with van der Waals surface area (Å²) in [6.45, 7) is 8.90. The average molecular weight is 319 g/mol. The summed E-state index contributed by atoms with van der Waals surface area (Å²) in [6.07, 6.45) is 3.88. The van der Waals surface area contributed by atoms with Gasteiger partial charge in [0.1, 0.15) is 0 Å². The Morgan fingerprint density at radius 1 is 0.652 bits per heavy atom. The summed E-state index contributed by atoms with van der Waals surface area (Å²) in [5, 5.41) is 4.25. The molecule has 2 heteroatoms. The molecule has 1 nitrogen and oxygen atoms in total. The van der Waals surface area contributed by atoms with Crippen LogP contribution in [0.2, 0.25) is 0 Å². The summed E-state index contributed by atoms with van der Waals surface area (Å²) in [7, 11) is -0.592. The summed E-state index contributed by atoms with van der Waals surface area (Å²) in [4.78, 5) is 4.39. The average Bonchev–Trinajstić information content (AvgIpc) is 2.53. The predicted octanol–water partition coefficient (Wildman–Crippen LogP) is 4.07. The van der Waals surface area contributed by atoms with E-state index < -0.39 is 7.92 Å². The van der Waals surface area contributed by atoms with Crippen LogP contribution in [0, 0.1) is 27.7 Å². The molecule has 116 valence electrons. The monoisotopic (exact) mass is 319 g/mol. The molecule has 0 saturated carbocycles. The third-order valence-electron chi connectivity index (χ3n) is 4.23. The van der Waals surface area contributed by atoms with E-state index in [1.165, 1.54) is 38.2 Å². The molecule has 0 saturated heterocycles. The topological polar surface area (TPSA) is 12.9 Å². The van der Waals surface area contributed by atoms with Crippen LogP contribution in [0.25, 0.3) is 0 Å². The van der Waals surface area contributed by atoms with Crippen LogP contribution >= 0.6 is 7.92 Å². The largest absolute Gasteiger partial charge is 0.264 e. The Balaban J connectivity index is 2.33. The molecule has 0 aliphatic rings. The van der Waals surface area contributed by atoms with Crippen molar-refractivity contribution in [2.45, 2.75) is 27.7 Å². The van der Waals surface area contributed by atoms with E-state index >= 15 is 0 Å². The highest BCUT2D eigenvalue weighted by molar-refractivity contribution is 7.80. The van der Waals surface area contributed by atoms with Gasteiger partial charge in [-0.2, -0.15) is 0 Å². The number of aromatic nitrogens is 1. The third-order valence-corrected chi connectivity index (χ3v) is 7.32. The molecule has 2 aromatic carbocycles. The van der Waals surface area contributed by atoms with E-state index in [4.69, 9.17) is 0 Å². The van der Waals surface area contributed by atoms with Gasteiger partial charge in [0.05, 0.1) is 0 Å². The standard InChI is InChI=1S/C21H22NP/c1-15-8-5-9-16(2)20(15)23(19-12-7-13-22-14-19)21-17(3)10-6-11-18(21)4/h5-14H,1-4H3. The number of hydrogen-bond acceptors (Lipinski definition) is 1. The van der Waals surface area contributed by atoms with Gasteiger partial charge in [-0.3, -0.25) is 4.98 Å². The van der Waals surface area contributed by atoms with Gasteiger partial charge in [0, 0.05) is 17.7 Å². The quantitative estimate of drug-likeness (QED) is 0.663. The van der Waals surface area contributed by atoms with Gasteiger partial charge >= 0.3 is 0 Å². The summed E-state index contributed by atoms with van der Waals surface area (Å²) >= 11 is 0. The van der Waals surface area contributed by atoms with E-state index in [1.54, 1.807) is 0 Å². The molecular weight excluding hydrogens is 297 g/mol. The lowest BCUT2D eigenvalue weighted by Crippen LogP contribution is -2.27. The van der Waals surface area contributed by atoms with Crippen molar-refractivity contribution in [2.24, 2.45) is 0 Å². The summed E-state index contributed by atoms with van der Waals surface area (Å²) < 4.78 is 0. The van der Waals surface area contributed by atoms with Crippen molar-refractivity contribution in [1.29, 1.82) is 0 Å². The molecule has 0 aliphatic heterocycles. The Kier molecular flexibility index (Phi) is 4.59. The molecule has 0 radical (unpaired) electrons. The van der Waals surface area contributed by atoms with Gasteiger partial charge in [0.15, 0.2) is 0 Å². The zero-order valence-corrected chi connectivity index (χ0v) is 15.1. The van der Waals surface area contributed by atoms with Gasteiger partial charge in [-0.25, -0.2) is 0 Å². The van der Waals surface area contributed by atoms with Gasteiger partial charge in [-0.1, -0.05) is 42.5 Å². The van der Waals surface area contributed by atoms with E-state index in [-0.39, 0.29) is 0 Å². The maximum Gasteiger partial charge on any atom is 0.0351 e. The third kappa shape index (κ3) is 3.07. The van der Waals surface area contributed by atoms with Gasteiger partial charge in [0.25, 0.3) is 0 Å². The van der Waals surface area contributed by atoms with Crippen molar-refractivity contribution >= 4 is 23.8 Å². The molecule has 3 aromatic rings. The summed E-state index contributed by atoms with van der Waals surface area (Å²) in [5.41, 5.74) is 5.45. The van der Waals surface area contributed by atoms with Crippen LogP contribution in [0.3, 0.4) is 0 Å². The molecule has 0 amide bonds. The van der Waals surface area contributed by atoms with E-state index in [1.807, 2.05) is 18.5 Å². The van der Waals surface area contributed by atoms with Gasteiger partial charge in [-0.15, -0.1) is 0 Å². The number of benzene rings is 2. The second-order valence-electron chi connectivity index (χ2n) is 6.03. The van der Waals surface area contributed by atoms with Crippen molar-refractivity contribution in [3.05, 3.63) is 83.2 Å². The molecular formula is C21H22NP. The Hall–Kier alpha value is -1.98. The summed E-state index contributed by atoms with van der Waals surface area (Å²) in [5.74, 6) is 0. The van der Waals surface area contributed by atoms with Gasteiger partial charge in [-0.05, 0) is 74.5 Å². The molecule has 0 unspecified atom stereocenters. The molecule has 0 atom stereocenters. The molecule has 0 fully saturated rings. The number of nitrogens with zero attached hydrogens (tertiary/aromatic N) is 1. The first-order valence-corrected chi connectivity index (χ1v) is 9.26. The van der Waals surface area contributed by atoms with Crippen LogP contribution < -0.4 is 15.9 Å². The van der Waals surface area contributed by atoms with E-state index in [0.29, 0.717) is 0 Å². The fraction of sp³-hybridized carbons (Fsp3) is 0.190. The molecule has 0 bridgehead atoms. The van der Waals surface area contributed by atoms with Crippen molar-refractivity contribution in [3.8, 4) is 0 Å². The number of rotatable bonds is 3. The first-order valence-electron chi connectivity index (χ1n) is 7.92. The SMILES string of the molecule is Cc1cccc(C)c1P(c1cccnc1)c1c(C)cccc1C. The smallest absolute Gasteiger partial charge is 0.0351 e. The fourth-order valence-electron chi connectivity index (χ4n) is 3.17. The normalized spacial score (nSPS) is 11.0. The number of pyridine rings is 1. The maximum absolute atomic E-state index is 4.39.